The molecule has 2 rings (SSSR count). The number of alkyl halides is 2. The summed E-state index contributed by atoms with van der Waals surface area (Å²) in [5.41, 5.74) is -0.684. The van der Waals surface area contributed by atoms with Gasteiger partial charge in [-0.05, 0) is 37.6 Å². The second kappa shape index (κ2) is 5.39. The Kier molecular flexibility index (Phi) is 4.19. The van der Waals surface area contributed by atoms with E-state index in [1.807, 2.05) is 0 Å². The molecule has 1 atom stereocenters. The minimum atomic E-state index is -0.936. The molecule has 1 unspecified atom stereocenters. The minimum absolute atomic E-state index is 0.141. The van der Waals surface area contributed by atoms with E-state index in [2.05, 4.69) is 5.32 Å². The van der Waals surface area contributed by atoms with Gasteiger partial charge in [0, 0.05) is 5.02 Å². The molecule has 1 fully saturated rings. The highest BCUT2D eigenvalue weighted by molar-refractivity contribution is 6.53. The molecule has 1 amide bonds. The van der Waals surface area contributed by atoms with Gasteiger partial charge in [0.25, 0.3) is 0 Å². The van der Waals surface area contributed by atoms with E-state index >= 15 is 0 Å². The van der Waals surface area contributed by atoms with Crippen molar-refractivity contribution in [2.75, 3.05) is 13.2 Å². The fraction of sp³-hybridized carbons (Fsp3) is 0.462. The number of benzene rings is 1. The van der Waals surface area contributed by atoms with E-state index in [4.69, 9.17) is 39.5 Å². The highest BCUT2D eigenvalue weighted by atomic mass is 35.5. The fourth-order valence-corrected chi connectivity index (χ4v) is 2.54. The summed E-state index contributed by atoms with van der Waals surface area (Å²) < 4.78 is 4.52. The number of amides is 1. The molecule has 0 aliphatic heterocycles. The molecule has 1 N–H and O–H groups in total. The van der Waals surface area contributed by atoms with E-state index in [-0.39, 0.29) is 5.91 Å². The van der Waals surface area contributed by atoms with Crippen LogP contribution in [0.1, 0.15) is 13.3 Å². The van der Waals surface area contributed by atoms with Crippen molar-refractivity contribution in [3.05, 3.63) is 29.3 Å². The SMILES string of the molecule is CC1(C(=O)NCCOc2ccc(Cl)cc2)CC1(Cl)Cl. The van der Waals surface area contributed by atoms with Crippen molar-refractivity contribution < 1.29 is 9.53 Å². The number of carbonyl (C=O) groups is 1. The number of hydrogen-bond donors (Lipinski definition) is 1. The molecular weight excluding hydrogens is 309 g/mol. The topological polar surface area (TPSA) is 38.3 Å². The van der Waals surface area contributed by atoms with Crippen LogP contribution in [-0.4, -0.2) is 23.4 Å². The molecule has 1 aromatic carbocycles. The van der Waals surface area contributed by atoms with Crippen LogP contribution < -0.4 is 10.1 Å². The van der Waals surface area contributed by atoms with Crippen LogP contribution in [0, 0.1) is 5.41 Å². The van der Waals surface area contributed by atoms with Crippen molar-refractivity contribution in [1.82, 2.24) is 5.32 Å². The molecule has 1 aromatic rings. The van der Waals surface area contributed by atoms with Gasteiger partial charge >= 0.3 is 0 Å². The molecule has 3 nitrogen and oxygen atoms in total. The highest BCUT2D eigenvalue weighted by Gasteiger charge is 2.67. The second-order valence-corrected chi connectivity index (χ2v) is 6.69. The average molecular weight is 323 g/mol. The third-order valence-corrected chi connectivity index (χ3v) is 4.58. The first-order chi connectivity index (χ1) is 8.85. The molecule has 0 aromatic heterocycles. The van der Waals surface area contributed by atoms with Gasteiger partial charge < -0.3 is 10.1 Å². The average Bonchev–Trinajstić information content (AvgIpc) is 2.87. The maximum Gasteiger partial charge on any atom is 0.229 e. The van der Waals surface area contributed by atoms with Crippen molar-refractivity contribution in [3.8, 4) is 5.75 Å². The van der Waals surface area contributed by atoms with Crippen molar-refractivity contribution >= 4 is 40.7 Å². The van der Waals surface area contributed by atoms with E-state index in [9.17, 15) is 4.79 Å². The quantitative estimate of drug-likeness (QED) is 0.666. The van der Waals surface area contributed by atoms with Crippen LogP contribution in [0.25, 0.3) is 0 Å². The van der Waals surface area contributed by atoms with E-state index in [0.29, 0.717) is 30.3 Å². The van der Waals surface area contributed by atoms with Crippen LogP contribution >= 0.6 is 34.8 Å². The molecule has 0 radical (unpaired) electrons. The van der Waals surface area contributed by atoms with Gasteiger partial charge in [-0.2, -0.15) is 0 Å². The second-order valence-electron chi connectivity index (χ2n) is 4.77. The predicted octanol–water partition coefficient (Wildman–Crippen LogP) is 3.42. The first kappa shape index (κ1) is 14.8. The monoisotopic (exact) mass is 321 g/mol. The van der Waals surface area contributed by atoms with Gasteiger partial charge in [0.15, 0.2) is 0 Å². The lowest BCUT2D eigenvalue weighted by atomic mass is 10.1. The van der Waals surface area contributed by atoms with Crippen molar-refractivity contribution in [2.45, 2.75) is 17.7 Å². The standard InChI is InChI=1S/C13H14Cl3NO2/c1-12(8-13(12,15)16)11(18)17-6-7-19-10-4-2-9(14)3-5-10/h2-5H,6-8H2,1H3,(H,17,18). The molecule has 0 saturated heterocycles. The van der Waals surface area contributed by atoms with Crippen LogP contribution in [0.2, 0.25) is 5.02 Å². The van der Waals surface area contributed by atoms with Crippen LogP contribution in [0.5, 0.6) is 5.75 Å². The molecule has 0 bridgehead atoms. The van der Waals surface area contributed by atoms with E-state index in [0.717, 1.165) is 0 Å². The van der Waals surface area contributed by atoms with Gasteiger partial charge in [-0.15, -0.1) is 23.2 Å². The van der Waals surface area contributed by atoms with Gasteiger partial charge in [0.2, 0.25) is 5.91 Å². The molecule has 19 heavy (non-hydrogen) atoms. The predicted molar refractivity (Wildman–Crippen MR) is 77.1 cm³/mol. The zero-order valence-corrected chi connectivity index (χ0v) is 12.6. The Morgan fingerprint density at radius 3 is 2.47 bits per heavy atom. The maximum atomic E-state index is 11.8. The largest absolute Gasteiger partial charge is 0.492 e. The number of ether oxygens (including phenoxy) is 1. The molecular formula is C13H14Cl3NO2. The summed E-state index contributed by atoms with van der Waals surface area (Å²) >= 11 is 17.6. The number of nitrogens with one attached hydrogen (secondary N) is 1. The maximum absolute atomic E-state index is 11.8. The zero-order chi connectivity index (χ0) is 14.1. The van der Waals surface area contributed by atoms with E-state index in [1.54, 1.807) is 31.2 Å². The molecule has 0 spiro atoms. The van der Waals surface area contributed by atoms with Crippen molar-refractivity contribution in [1.29, 1.82) is 0 Å². The summed E-state index contributed by atoms with van der Waals surface area (Å²) in [6.07, 6.45) is 0.479. The zero-order valence-electron chi connectivity index (χ0n) is 10.4. The van der Waals surface area contributed by atoms with Gasteiger partial charge in [-0.25, -0.2) is 0 Å². The van der Waals surface area contributed by atoms with Crippen molar-refractivity contribution in [2.24, 2.45) is 5.41 Å². The minimum Gasteiger partial charge on any atom is -0.492 e. The Balaban J connectivity index is 1.70. The van der Waals surface area contributed by atoms with E-state index < -0.39 is 9.75 Å². The number of rotatable bonds is 5. The summed E-state index contributed by atoms with van der Waals surface area (Å²) in [6.45, 7) is 2.53. The summed E-state index contributed by atoms with van der Waals surface area (Å²) in [6, 6.07) is 7.04. The lowest BCUT2D eigenvalue weighted by Crippen LogP contribution is -2.35. The summed E-state index contributed by atoms with van der Waals surface area (Å²) in [5, 5.41) is 3.42. The lowest BCUT2D eigenvalue weighted by Gasteiger charge is -2.13. The van der Waals surface area contributed by atoms with Gasteiger partial charge in [0.05, 0.1) is 12.0 Å². The van der Waals surface area contributed by atoms with Crippen LogP contribution in [0.4, 0.5) is 0 Å². The third kappa shape index (κ3) is 3.28. The number of carbonyl (C=O) groups excluding carboxylic acids is 1. The fourth-order valence-electron chi connectivity index (χ4n) is 1.71. The first-order valence-corrected chi connectivity index (χ1v) is 7.03. The molecule has 1 saturated carbocycles. The Morgan fingerprint density at radius 1 is 1.37 bits per heavy atom. The molecule has 6 heteroatoms. The summed E-state index contributed by atoms with van der Waals surface area (Å²) in [7, 11) is 0. The summed E-state index contributed by atoms with van der Waals surface area (Å²) in [4.78, 5) is 11.8. The van der Waals surface area contributed by atoms with E-state index in [1.165, 1.54) is 0 Å². The van der Waals surface area contributed by atoms with Crippen LogP contribution in [0.15, 0.2) is 24.3 Å². The smallest absolute Gasteiger partial charge is 0.229 e. The van der Waals surface area contributed by atoms with Crippen LogP contribution in [-0.2, 0) is 4.79 Å². The molecule has 1 aliphatic rings. The Hall–Kier alpha value is -0.640. The molecule has 0 heterocycles. The Morgan fingerprint density at radius 2 is 1.95 bits per heavy atom. The summed E-state index contributed by atoms with van der Waals surface area (Å²) in [5.74, 6) is 0.567. The molecule has 104 valence electrons. The number of hydrogen-bond acceptors (Lipinski definition) is 2. The van der Waals surface area contributed by atoms with Crippen molar-refractivity contribution in [3.63, 3.8) is 0 Å². The Bertz CT molecular complexity index is 475. The van der Waals surface area contributed by atoms with Crippen LogP contribution in [0.3, 0.4) is 0 Å². The Labute approximate surface area is 127 Å². The third-order valence-electron chi connectivity index (χ3n) is 3.23. The number of halogens is 3. The highest BCUT2D eigenvalue weighted by Crippen LogP contribution is 2.63. The van der Waals surface area contributed by atoms with Gasteiger partial charge in [-0.1, -0.05) is 11.6 Å². The lowest BCUT2D eigenvalue weighted by molar-refractivity contribution is -0.125. The van der Waals surface area contributed by atoms with Gasteiger partial charge in [0.1, 0.15) is 16.7 Å². The normalized spacial score (nSPS) is 23.8. The van der Waals surface area contributed by atoms with Gasteiger partial charge in [-0.3, -0.25) is 4.79 Å². The first-order valence-electron chi connectivity index (χ1n) is 5.90. The molecule has 1 aliphatic carbocycles.